The minimum Gasteiger partial charge on any atom is -0.458 e. The molecule has 6 unspecified atom stereocenters. The van der Waals surface area contributed by atoms with Gasteiger partial charge in [-0.3, -0.25) is 0 Å². The molecule has 2 heterocycles. The summed E-state index contributed by atoms with van der Waals surface area (Å²) in [6.07, 6.45) is 15.4. The second kappa shape index (κ2) is 13.0. The second-order valence-electron chi connectivity index (χ2n) is 14.5. The van der Waals surface area contributed by atoms with Crippen molar-refractivity contribution in [1.29, 1.82) is 0 Å². The number of hydrogen-bond acceptors (Lipinski definition) is 3. The van der Waals surface area contributed by atoms with E-state index in [0.29, 0.717) is 0 Å². The summed E-state index contributed by atoms with van der Waals surface area (Å²) in [5, 5.41) is 2.10. The molecule has 0 saturated carbocycles. The third-order valence-electron chi connectivity index (χ3n) is 11.4. The highest BCUT2D eigenvalue weighted by Crippen LogP contribution is 2.62. The smallest absolute Gasteiger partial charge is 0.140 e. The molecule has 1 aliphatic heterocycles. The van der Waals surface area contributed by atoms with Crippen molar-refractivity contribution in [2.75, 3.05) is 11.9 Å². The average molecular weight is 696 g/mol. The molecule has 6 aromatic rings. The van der Waals surface area contributed by atoms with E-state index in [4.69, 9.17) is 4.42 Å². The minimum atomic E-state index is -2.95. The van der Waals surface area contributed by atoms with Crippen LogP contribution < -0.4 is 10.2 Å². The van der Waals surface area contributed by atoms with Gasteiger partial charge in [-0.1, -0.05) is 172 Å². The van der Waals surface area contributed by atoms with Crippen LogP contribution in [-0.2, 0) is 4.57 Å². The van der Waals surface area contributed by atoms with E-state index in [1.54, 1.807) is 0 Å². The van der Waals surface area contributed by atoms with Crippen LogP contribution in [0.15, 0.2) is 174 Å². The quantitative estimate of drug-likeness (QED) is 0.163. The molecule has 0 saturated heterocycles. The van der Waals surface area contributed by atoms with E-state index < -0.39 is 7.14 Å². The first-order valence-electron chi connectivity index (χ1n) is 18.4. The standard InChI is InChI=1S/C48H42NO2P/c1-32-16-10-13-27-43(32)52(50,38-21-8-5-9-22-38)44-31-36(29-28-33(44)2)35-19-14-20-37(30-35)39-24-15-25-41-45-40-23-11-12-26-42(40)51-48(45)46(49(3)47(39)41)34-17-6-4-7-18-34/h4-33,43-44,46H,1-3H3. The van der Waals surface area contributed by atoms with E-state index in [1.165, 1.54) is 27.9 Å². The molecule has 9 rings (SSSR count). The lowest BCUT2D eigenvalue weighted by atomic mass is 9.85. The molecular formula is C48H42NO2P. The molecule has 0 spiro atoms. The molecule has 1 aromatic heterocycles. The van der Waals surface area contributed by atoms with Crippen molar-refractivity contribution in [3.63, 3.8) is 0 Å². The lowest BCUT2D eigenvalue weighted by molar-refractivity contribution is 0.514. The van der Waals surface area contributed by atoms with Gasteiger partial charge in [0.2, 0.25) is 0 Å². The molecule has 0 N–H and O–H groups in total. The highest BCUT2D eigenvalue weighted by atomic mass is 31.2. The molecule has 0 fully saturated rings. The van der Waals surface area contributed by atoms with Crippen molar-refractivity contribution in [1.82, 2.24) is 0 Å². The zero-order chi connectivity index (χ0) is 35.4. The Morgan fingerprint density at radius 2 is 1.33 bits per heavy atom. The Morgan fingerprint density at radius 1 is 0.654 bits per heavy atom. The Hall–Kier alpha value is -5.37. The SMILES string of the molecule is CC1C=CC=CC1P(=O)(c1ccccc1)C1C=C(c2cccc(-c3cccc4c3N(C)C(c3ccccc3)c3oc5ccccc5c3-4)c2)C=CC1C. The zero-order valence-electron chi connectivity index (χ0n) is 29.8. The maximum atomic E-state index is 15.8. The van der Waals surface area contributed by atoms with Crippen molar-refractivity contribution in [3.8, 4) is 22.3 Å². The largest absolute Gasteiger partial charge is 0.458 e. The van der Waals surface area contributed by atoms with Gasteiger partial charge in [0.05, 0.1) is 5.69 Å². The number of nitrogens with zero attached hydrogens (tertiary/aromatic N) is 1. The monoisotopic (exact) mass is 695 g/mol. The number of para-hydroxylation sites is 2. The van der Waals surface area contributed by atoms with Gasteiger partial charge in [-0.2, -0.15) is 0 Å². The van der Waals surface area contributed by atoms with E-state index in [2.05, 4.69) is 171 Å². The Morgan fingerprint density at radius 3 is 2.13 bits per heavy atom. The normalized spacial score (nSPS) is 23.2. The van der Waals surface area contributed by atoms with E-state index in [9.17, 15) is 0 Å². The van der Waals surface area contributed by atoms with Crippen LogP contribution in [0.5, 0.6) is 0 Å². The van der Waals surface area contributed by atoms with E-state index in [0.717, 1.165) is 38.7 Å². The topological polar surface area (TPSA) is 33.5 Å². The molecule has 0 radical (unpaired) electrons. The van der Waals surface area contributed by atoms with E-state index in [-0.39, 0.29) is 29.2 Å². The van der Waals surface area contributed by atoms with Crippen molar-refractivity contribution < 1.29 is 8.98 Å². The molecule has 52 heavy (non-hydrogen) atoms. The minimum absolute atomic E-state index is 0.0597. The summed E-state index contributed by atoms with van der Waals surface area (Å²) in [6, 6.07) is 44.7. The first kappa shape index (κ1) is 32.5. The van der Waals surface area contributed by atoms with Crippen LogP contribution in [-0.4, -0.2) is 18.4 Å². The molecule has 3 aliphatic rings. The van der Waals surface area contributed by atoms with Crippen LogP contribution >= 0.6 is 7.14 Å². The number of furan rings is 1. The number of fused-ring (bicyclic) bond motifs is 5. The van der Waals surface area contributed by atoms with E-state index >= 15 is 4.57 Å². The Kier molecular flexibility index (Phi) is 8.13. The van der Waals surface area contributed by atoms with Crippen molar-refractivity contribution in [3.05, 3.63) is 187 Å². The lowest BCUT2D eigenvalue weighted by Gasteiger charge is -2.38. The Bertz CT molecular complexity index is 2470. The Balaban J connectivity index is 1.17. The highest BCUT2D eigenvalue weighted by Gasteiger charge is 2.45. The van der Waals surface area contributed by atoms with Gasteiger partial charge >= 0.3 is 0 Å². The number of rotatable bonds is 6. The van der Waals surface area contributed by atoms with Crippen molar-refractivity contribution in [2.45, 2.75) is 31.2 Å². The van der Waals surface area contributed by atoms with Gasteiger partial charge in [0.15, 0.2) is 0 Å². The predicted molar refractivity (Wildman–Crippen MR) is 219 cm³/mol. The molecule has 6 atom stereocenters. The summed E-state index contributed by atoms with van der Waals surface area (Å²) >= 11 is 0. The van der Waals surface area contributed by atoms with Crippen LogP contribution in [0.3, 0.4) is 0 Å². The number of hydrogen-bond donors (Lipinski definition) is 0. The van der Waals surface area contributed by atoms with Gasteiger partial charge < -0.3 is 13.9 Å². The molecule has 5 aromatic carbocycles. The van der Waals surface area contributed by atoms with Gasteiger partial charge in [-0.15, -0.1) is 0 Å². The molecular weight excluding hydrogens is 654 g/mol. The van der Waals surface area contributed by atoms with E-state index in [1.807, 2.05) is 24.3 Å². The van der Waals surface area contributed by atoms with Gasteiger partial charge in [-0.05, 0) is 46.2 Å². The fourth-order valence-electron chi connectivity index (χ4n) is 8.88. The van der Waals surface area contributed by atoms with Crippen LogP contribution in [0.4, 0.5) is 5.69 Å². The molecule has 0 bridgehead atoms. The molecule has 3 nitrogen and oxygen atoms in total. The van der Waals surface area contributed by atoms with Gasteiger partial charge in [-0.25, -0.2) is 0 Å². The van der Waals surface area contributed by atoms with Gasteiger partial charge in [0.1, 0.15) is 24.5 Å². The number of anilines is 1. The number of allylic oxidation sites excluding steroid dienone is 8. The lowest BCUT2D eigenvalue weighted by Crippen LogP contribution is -2.32. The molecule has 0 amide bonds. The number of benzene rings is 5. The summed E-state index contributed by atoms with van der Waals surface area (Å²) in [7, 11) is -0.759. The predicted octanol–water partition coefficient (Wildman–Crippen LogP) is 12.1. The molecule has 4 heteroatoms. The third kappa shape index (κ3) is 5.22. The fraction of sp³-hybridized carbons (Fsp3) is 0.167. The summed E-state index contributed by atoms with van der Waals surface area (Å²) in [4.78, 5) is 2.39. The molecule has 256 valence electrons. The van der Waals surface area contributed by atoms with Crippen molar-refractivity contribution >= 4 is 34.7 Å². The van der Waals surface area contributed by atoms with Crippen LogP contribution in [0.25, 0.3) is 38.8 Å². The zero-order valence-corrected chi connectivity index (χ0v) is 30.7. The first-order chi connectivity index (χ1) is 25.4. The van der Waals surface area contributed by atoms with Crippen molar-refractivity contribution in [2.24, 2.45) is 11.8 Å². The fourth-order valence-corrected chi connectivity index (χ4v) is 12.9. The third-order valence-corrected chi connectivity index (χ3v) is 15.6. The highest BCUT2D eigenvalue weighted by molar-refractivity contribution is 7.73. The summed E-state index contributed by atoms with van der Waals surface area (Å²) in [5.74, 6) is 1.29. The maximum Gasteiger partial charge on any atom is 0.140 e. The van der Waals surface area contributed by atoms with Crippen LogP contribution in [0, 0.1) is 11.8 Å². The summed E-state index contributed by atoms with van der Waals surface area (Å²) < 4.78 is 22.4. The summed E-state index contributed by atoms with van der Waals surface area (Å²) in [6.45, 7) is 4.42. The average Bonchev–Trinajstić information content (AvgIpc) is 3.58. The van der Waals surface area contributed by atoms with Gasteiger partial charge in [0, 0.05) is 45.7 Å². The van der Waals surface area contributed by atoms with Crippen LogP contribution in [0.1, 0.15) is 36.8 Å². The second-order valence-corrected chi connectivity index (χ2v) is 17.7. The van der Waals surface area contributed by atoms with Crippen LogP contribution in [0.2, 0.25) is 0 Å². The maximum absolute atomic E-state index is 15.8. The first-order valence-corrected chi connectivity index (χ1v) is 20.2. The Labute approximate surface area is 306 Å². The summed E-state index contributed by atoms with van der Waals surface area (Å²) in [5.41, 5.74) is 10.0. The molecule has 2 aliphatic carbocycles. The van der Waals surface area contributed by atoms with Gasteiger partial charge in [0.25, 0.3) is 0 Å².